The molecule has 0 rings (SSSR count). The molecule has 0 atom stereocenters. The fourth-order valence-electron chi connectivity index (χ4n) is 0.868. The number of hydrogen-bond acceptors (Lipinski definition) is 3. The maximum absolute atomic E-state index is 8.30. The predicted molar refractivity (Wildman–Crippen MR) is 48.6 cm³/mol. The molecular formula is C6H15NO2Si2. The van der Waals surface area contributed by atoms with Crippen molar-refractivity contribution in [2.45, 2.75) is 32.7 Å². The Morgan fingerprint density at radius 1 is 1.09 bits per heavy atom. The second kappa shape index (κ2) is 3.39. The van der Waals surface area contributed by atoms with Crippen LogP contribution in [-0.2, 0) is 8.54 Å². The van der Waals surface area contributed by atoms with E-state index in [9.17, 15) is 0 Å². The van der Waals surface area contributed by atoms with Crippen molar-refractivity contribution in [3.63, 3.8) is 0 Å². The van der Waals surface area contributed by atoms with Crippen LogP contribution in [0, 0.1) is 11.5 Å². The average Bonchev–Trinajstić information content (AvgIpc) is 1.55. The van der Waals surface area contributed by atoms with Crippen molar-refractivity contribution >= 4 is 16.9 Å². The van der Waals surface area contributed by atoms with E-state index in [2.05, 4.69) is 19.6 Å². The molecular weight excluding hydrogens is 174 g/mol. The third kappa shape index (κ3) is 6.10. The first-order valence-electron chi connectivity index (χ1n) is 3.54. The Morgan fingerprint density at radius 3 is 1.82 bits per heavy atom. The predicted octanol–water partition coefficient (Wildman–Crippen LogP) is 2.04. The second-order valence-corrected chi connectivity index (χ2v) is 11.9. The fourth-order valence-corrected chi connectivity index (χ4v) is 7.15. The van der Waals surface area contributed by atoms with Crippen LogP contribution in [-0.4, -0.2) is 16.9 Å². The molecule has 0 saturated heterocycles. The van der Waals surface area contributed by atoms with Crippen LogP contribution < -0.4 is 0 Å². The molecule has 0 aliphatic rings. The summed E-state index contributed by atoms with van der Waals surface area (Å²) < 4.78 is 10.6. The first-order chi connectivity index (χ1) is 4.77. The molecule has 0 aromatic carbocycles. The quantitative estimate of drug-likeness (QED) is 0.504. The molecule has 5 heteroatoms. The smallest absolute Gasteiger partial charge is 0.395 e. The number of rotatable bonds is 3. The third-order valence-corrected chi connectivity index (χ3v) is 5.84. The standard InChI is InChI=1S/C6H15NO2Si2/c1-10(2,3)9-11(4,5)8-6-7/h1-5H3. The molecule has 3 nitrogen and oxygen atoms in total. The topological polar surface area (TPSA) is 42.2 Å². The minimum Gasteiger partial charge on any atom is -0.456 e. The molecule has 0 unspecified atom stereocenters. The lowest BCUT2D eigenvalue weighted by Gasteiger charge is -2.27. The number of hydrogen-bond donors (Lipinski definition) is 0. The van der Waals surface area contributed by atoms with Crippen LogP contribution in [0.5, 0.6) is 0 Å². The second-order valence-electron chi connectivity index (χ2n) is 3.81. The van der Waals surface area contributed by atoms with Crippen molar-refractivity contribution in [1.29, 1.82) is 5.26 Å². The summed E-state index contributed by atoms with van der Waals surface area (Å²) >= 11 is 0. The van der Waals surface area contributed by atoms with Crippen LogP contribution in [0.4, 0.5) is 0 Å². The van der Waals surface area contributed by atoms with Crippen LogP contribution >= 0.6 is 0 Å². The maximum Gasteiger partial charge on any atom is 0.395 e. The summed E-state index contributed by atoms with van der Waals surface area (Å²) in [6.45, 7) is 10.0. The summed E-state index contributed by atoms with van der Waals surface area (Å²) in [4.78, 5) is 0. The van der Waals surface area contributed by atoms with Gasteiger partial charge in [-0.05, 0) is 32.7 Å². The highest BCUT2D eigenvalue weighted by atomic mass is 28.4. The summed E-state index contributed by atoms with van der Waals surface area (Å²) in [5, 5.41) is 8.30. The minimum atomic E-state index is -2.14. The molecule has 0 aromatic rings. The van der Waals surface area contributed by atoms with E-state index in [1.165, 1.54) is 0 Å². The van der Waals surface area contributed by atoms with E-state index < -0.39 is 16.9 Å². The monoisotopic (exact) mass is 189 g/mol. The number of nitriles is 1. The van der Waals surface area contributed by atoms with Gasteiger partial charge in [0.2, 0.25) is 0 Å². The van der Waals surface area contributed by atoms with Crippen LogP contribution in [0.3, 0.4) is 0 Å². The van der Waals surface area contributed by atoms with Gasteiger partial charge >= 0.3 is 8.56 Å². The van der Waals surface area contributed by atoms with Crippen LogP contribution in [0.25, 0.3) is 0 Å². The van der Waals surface area contributed by atoms with Crippen molar-refractivity contribution < 1.29 is 8.54 Å². The van der Waals surface area contributed by atoms with Gasteiger partial charge in [-0.25, -0.2) is 0 Å². The lowest BCUT2D eigenvalue weighted by atomic mass is 11.6. The first kappa shape index (κ1) is 10.7. The van der Waals surface area contributed by atoms with E-state index >= 15 is 0 Å². The molecule has 0 spiro atoms. The van der Waals surface area contributed by atoms with Crippen LogP contribution in [0.2, 0.25) is 32.7 Å². The van der Waals surface area contributed by atoms with Gasteiger partial charge in [-0.3, -0.25) is 0 Å². The van der Waals surface area contributed by atoms with E-state index in [4.69, 9.17) is 13.8 Å². The maximum atomic E-state index is 8.30. The molecule has 0 N–H and O–H groups in total. The van der Waals surface area contributed by atoms with Gasteiger partial charge in [-0.1, -0.05) is 0 Å². The summed E-state index contributed by atoms with van der Waals surface area (Å²) in [6.07, 6.45) is 1.69. The lowest BCUT2D eigenvalue weighted by molar-refractivity contribution is 0.368. The van der Waals surface area contributed by atoms with E-state index in [-0.39, 0.29) is 0 Å². The molecule has 0 heterocycles. The largest absolute Gasteiger partial charge is 0.456 e. The molecule has 0 bridgehead atoms. The van der Waals surface area contributed by atoms with Gasteiger partial charge in [0.05, 0.1) is 0 Å². The minimum absolute atomic E-state index is 1.54. The number of nitrogens with zero attached hydrogens (tertiary/aromatic N) is 1. The van der Waals surface area contributed by atoms with Crippen molar-refractivity contribution in [3.8, 4) is 6.26 Å². The molecule has 64 valence electrons. The Hall–Kier alpha value is -0.316. The molecule has 0 aliphatic carbocycles. The van der Waals surface area contributed by atoms with Gasteiger partial charge in [-0.2, -0.15) is 5.26 Å². The van der Waals surface area contributed by atoms with E-state index in [1.807, 2.05) is 13.1 Å². The Labute approximate surface area is 70.3 Å². The zero-order chi connectivity index (χ0) is 9.12. The molecule has 0 saturated carbocycles. The van der Waals surface area contributed by atoms with Gasteiger partial charge < -0.3 is 8.54 Å². The van der Waals surface area contributed by atoms with E-state index in [0.29, 0.717) is 0 Å². The van der Waals surface area contributed by atoms with Crippen molar-refractivity contribution in [1.82, 2.24) is 0 Å². The SMILES string of the molecule is C[Si](C)(C)O[Si](C)(C)OC#N. The van der Waals surface area contributed by atoms with Gasteiger partial charge in [0.15, 0.2) is 8.32 Å². The summed E-state index contributed by atoms with van der Waals surface area (Å²) in [5.74, 6) is 0. The van der Waals surface area contributed by atoms with E-state index in [0.717, 1.165) is 0 Å². The first-order valence-corrected chi connectivity index (χ1v) is 9.76. The van der Waals surface area contributed by atoms with Crippen molar-refractivity contribution in [3.05, 3.63) is 0 Å². The molecule has 0 fully saturated rings. The molecule has 0 aromatic heterocycles. The zero-order valence-electron chi connectivity index (χ0n) is 7.76. The Balaban J connectivity index is 4.04. The van der Waals surface area contributed by atoms with Crippen molar-refractivity contribution in [2.24, 2.45) is 0 Å². The highest BCUT2D eigenvalue weighted by molar-refractivity contribution is 6.81. The Morgan fingerprint density at radius 2 is 1.55 bits per heavy atom. The van der Waals surface area contributed by atoms with Crippen LogP contribution in [0.15, 0.2) is 0 Å². The zero-order valence-corrected chi connectivity index (χ0v) is 9.76. The molecule has 0 aliphatic heterocycles. The summed E-state index contributed by atoms with van der Waals surface area (Å²) in [5.41, 5.74) is 0. The summed E-state index contributed by atoms with van der Waals surface area (Å²) in [7, 11) is -3.68. The lowest BCUT2D eigenvalue weighted by Crippen LogP contribution is -2.43. The van der Waals surface area contributed by atoms with Crippen molar-refractivity contribution in [2.75, 3.05) is 0 Å². The molecule has 0 amide bonds. The summed E-state index contributed by atoms with van der Waals surface area (Å²) in [6, 6.07) is 0. The molecule has 11 heavy (non-hydrogen) atoms. The van der Waals surface area contributed by atoms with Gasteiger partial charge in [0.25, 0.3) is 6.26 Å². The van der Waals surface area contributed by atoms with Crippen LogP contribution in [0.1, 0.15) is 0 Å². The van der Waals surface area contributed by atoms with Gasteiger partial charge in [-0.15, -0.1) is 0 Å². The Bertz CT molecular complexity index is 168. The molecule has 0 radical (unpaired) electrons. The Kier molecular flexibility index (Phi) is 3.29. The fraction of sp³-hybridized carbons (Fsp3) is 0.833. The average molecular weight is 189 g/mol. The highest BCUT2D eigenvalue weighted by Crippen LogP contribution is 2.14. The van der Waals surface area contributed by atoms with Gasteiger partial charge in [0, 0.05) is 0 Å². The van der Waals surface area contributed by atoms with E-state index in [1.54, 1.807) is 6.26 Å². The normalized spacial score (nSPS) is 12.4. The highest BCUT2D eigenvalue weighted by Gasteiger charge is 2.32. The third-order valence-electron chi connectivity index (χ3n) is 0.843. The van der Waals surface area contributed by atoms with Gasteiger partial charge in [0.1, 0.15) is 0 Å².